The van der Waals surface area contributed by atoms with Gasteiger partial charge in [0.15, 0.2) is 5.13 Å². The number of rotatable bonds is 4. The van der Waals surface area contributed by atoms with Gasteiger partial charge in [-0.15, -0.1) is 11.3 Å². The number of fused-ring (bicyclic) bond motifs is 3. The second-order valence-electron chi connectivity index (χ2n) is 7.60. The number of thiazole rings is 1. The molecule has 0 bridgehead atoms. The first-order valence-corrected chi connectivity index (χ1v) is 13.1. The maximum absolute atomic E-state index is 13.1. The predicted octanol–water partition coefficient (Wildman–Crippen LogP) is 4.80. The van der Waals surface area contributed by atoms with Gasteiger partial charge in [0, 0.05) is 17.7 Å². The topological polar surface area (TPSA) is 79.4 Å². The Morgan fingerprint density at radius 1 is 1.10 bits per heavy atom. The highest BCUT2D eigenvalue weighted by atomic mass is 32.2. The largest absolute Gasteiger partial charge is 0.301 e. The molecule has 1 amide bonds. The van der Waals surface area contributed by atoms with Crippen molar-refractivity contribution in [3.63, 3.8) is 0 Å². The lowest BCUT2D eigenvalue weighted by molar-refractivity contribution is -0.119. The van der Waals surface area contributed by atoms with E-state index in [0.717, 1.165) is 21.7 Å². The van der Waals surface area contributed by atoms with Crippen molar-refractivity contribution >= 4 is 54.5 Å². The quantitative estimate of drug-likeness (QED) is 0.412. The molecule has 1 N–H and O–H groups in total. The zero-order valence-electron chi connectivity index (χ0n) is 16.2. The number of amides is 1. The number of thiophene rings is 1. The van der Waals surface area contributed by atoms with Gasteiger partial charge in [0.05, 0.1) is 10.6 Å². The van der Waals surface area contributed by atoms with Gasteiger partial charge in [-0.2, -0.15) is 4.31 Å². The SMILES string of the molecule is O=C(Nc1nc2c(s1)-c1cccc3cccc-2c13)C1CCCN1S(=O)(=O)c1cccs1. The van der Waals surface area contributed by atoms with E-state index >= 15 is 0 Å². The Hall–Kier alpha value is -2.59. The third kappa shape index (κ3) is 2.88. The molecule has 2 aromatic heterocycles. The summed E-state index contributed by atoms with van der Waals surface area (Å²) in [6, 6.07) is 14.9. The molecular formula is C22H17N3O3S3. The molecule has 156 valence electrons. The normalized spacial score (nSPS) is 17.9. The Balaban J connectivity index is 1.29. The lowest BCUT2D eigenvalue weighted by Crippen LogP contribution is -2.42. The summed E-state index contributed by atoms with van der Waals surface area (Å²) in [5.74, 6) is -0.323. The molecule has 31 heavy (non-hydrogen) atoms. The minimum Gasteiger partial charge on any atom is -0.301 e. The standard InChI is InChI=1S/C22H17N3O3S3/c26-21(16-9-3-11-25(16)31(27,28)17-10-4-12-29-17)24-22-23-19-14-7-1-5-13-6-2-8-15(18(13)14)20(19)30-22/h1-2,4-8,10,12,16H,3,9,11H2,(H,23,24,26). The van der Waals surface area contributed by atoms with Gasteiger partial charge in [0.25, 0.3) is 10.0 Å². The molecular weight excluding hydrogens is 450 g/mol. The Bertz CT molecular complexity index is 1390. The molecule has 1 saturated heterocycles. The highest BCUT2D eigenvalue weighted by Crippen LogP contribution is 2.50. The minimum absolute atomic E-state index is 0.269. The van der Waals surface area contributed by atoms with Crippen molar-refractivity contribution < 1.29 is 13.2 Å². The summed E-state index contributed by atoms with van der Waals surface area (Å²) in [6.07, 6.45) is 1.16. The maximum Gasteiger partial charge on any atom is 0.253 e. The van der Waals surface area contributed by atoms with Gasteiger partial charge in [-0.3, -0.25) is 4.79 Å². The van der Waals surface area contributed by atoms with Crippen LogP contribution in [0.1, 0.15) is 12.8 Å². The van der Waals surface area contributed by atoms with Crippen molar-refractivity contribution in [3.8, 4) is 21.7 Å². The monoisotopic (exact) mass is 467 g/mol. The summed E-state index contributed by atoms with van der Waals surface area (Å²) >= 11 is 2.61. The molecule has 1 aliphatic carbocycles. The number of carbonyl (C=O) groups is 1. The van der Waals surface area contributed by atoms with E-state index in [0.29, 0.717) is 24.5 Å². The number of nitrogens with one attached hydrogen (secondary N) is 1. The first-order valence-electron chi connectivity index (χ1n) is 9.93. The molecule has 1 atom stereocenters. The third-order valence-electron chi connectivity index (χ3n) is 5.83. The Morgan fingerprint density at radius 2 is 1.90 bits per heavy atom. The van der Waals surface area contributed by atoms with Crippen LogP contribution in [0.4, 0.5) is 5.13 Å². The number of benzene rings is 2. The fourth-order valence-electron chi connectivity index (χ4n) is 4.47. The molecule has 4 aromatic rings. The van der Waals surface area contributed by atoms with E-state index in [2.05, 4.69) is 29.6 Å². The fraction of sp³-hybridized carbons (Fsp3) is 0.182. The van der Waals surface area contributed by atoms with Crippen molar-refractivity contribution in [2.24, 2.45) is 0 Å². The van der Waals surface area contributed by atoms with Gasteiger partial charge in [-0.05, 0) is 35.1 Å². The first-order chi connectivity index (χ1) is 15.0. The van der Waals surface area contributed by atoms with Crippen LogP contribution in [0, 0.1) is 0 Å². The number of carbonyl (C=O) groups excluding carboxylic acids is 1. The van der Waals surface area contributed by atoms with E-state index in [1.54, 1.807) is 17.5 Å². The van der Waals surface area contributed by atoms with Crippen molar-refractivity contribution in [2.75, 3.05) is 11.9 Å². The second kappa shape index (κ2) is 6.96. The number of anilines is 1. The number of nitrogens with zero attached hydrogens (tertiary/aromatic N) is 2. The number of hydrogen-bond acceptors (Lipinski definition) is 6. The van der Waals surface area contributed by atoms with Crippen LogP contribution in [-0.2, 0) is 14.8 Å². The van der Waals surface area contributed by atoms with Crippen LogP contribution in [0.3, 0.4) is 0 Å². The van der Waals surface area contributed by atoms with Gasteiger partial charge in [-0.25, -0.2) is 13.4 Å². The molecule has 6 rings (SSSR count). The summed E-state index contributed by atoms with van der Waals surface area (Å²) in [7, 11) is -3.67. The van der Waals surface area contributed by atoms with Crippen LogP contribution in [0.5, 0.6) is 0 Å². The third-order valence-corrected chi connectivity index (χ3v) is 10.1. The summed E-state index contributed by atoms with van der Waals surface area (Å²) in [5.41, 5.74) is 3.08. The molecule has 1 unspecified atom stereocenters. The van der Waals surface area contributed by atoms with Crippen LogP contribution in [0.25, 0.3) is 32.5 Å². The number of aromatic nitrogens is 1. The van der Waals surface area contributed by atoms with Crippen LogP contribution < -0.4 is 5.32 Å². The van der Waals surface area contributed by atoms with E-state index in [1.165, 1.54) is 37.8 Å². The van der Waals surface area contributed by atoms with E-state index in [9.17, 15) is 13.2 Å². The average molecular weight is 468 g/mol. The summed E-state index contributed by atoms with van der Waals surface area (Å²) in [4.78, 5) is 18.8. The zero-order valence-corrected chi connectivity index (χ0v) is 18.7. The molecule has 6 nitrogen and oxygen atoms in total. The van der Waals surface area contributed by atoms with Gasteiger partial charge >= 0.3 is 0 Å². The molecule has 0 spiro atoms. The Labute approximate surface area is 187 Å². The predicted molar refractivity (Wildman–Crippen MR) is 124 cm³/mol. The van der Waals surface area contributed by atoms with E-state index < -0.39 is 16.1 Å². The van der Waals surface area contributed by atoms with Crippen LogP contribution in [0.15, 0.2) is 58.1 Å². The van der Waals surface area contributed by atoms with Crippen molar-refractivity contribution in [1.82, 2.24) is 9.29 Å². The lowest BCUT2D eigenvalue weighted by Gasteiger charge is -2.22. The Kier molecular flexibility index (Phi) is 4.29. The molecule has 1 aliphatic heterocycles. The number of hydrogen-bond donors (Lipinski definition) is 1. The highest BCUT2D eigenvalue weighted by molar-refractivity contribution is 7.91. The van der Waals surface area contributed by atoms with Gasteiger partial charge in [-0.1, -0.05) is 53.8 Å². The second-order valence-corrected chi connectivity index (χ2v) is 11.7. The van der Waals surface area contributed by atoms with Crippen molar-refractivity contribution in [1.29, 1.82) is 0 Å². The number of sulfonamides is 1. The first kappa shape index (κ1) is 19.1. The van der Waals surface area contributed by atoms with Gasteiger partial charge in [0.1, 0.15) is 10.3 Å². The molecule has 0 saturated carbocycles. The summed E-state index contributed by atoms with van der Waals surface area (Å²) < 4.78 is 27.5. The Morgan fingerprint density at radius 3 is 2.68 bits per heavy atom. The summed E-state index contributed by atoms with van der Waals surface area (Å²) in [5, 5.41) is 7.49. The lowest BCUT2D eigenvalue weighted by atomic mass is 10.0. The van der Waals surface area contributed by atoms with Gasteiger partial charge < -0.3 is 5.32 Å². The van der Waals surface area contributed by atoms with Gasteiger partial charge in [0.2, 0.25) is 5.91 Å². The maximum atomic E-state index is 13.1. The average Bonchev–Trinajstić information content (AvgIpc) is 3.55. The molecule has 2 aromatic carbocycles. The van der Waals surface area contributed by atoms with Crippen molar-refractivity contribution in [3.05, 3.63) is 53.9 Å². The van der Waals surface area contributed by atoms with Crippen molar-refractivity contribution in [2.45, 2.75) is 23.1 Å². The van der Waals surface area contributed by atoms with Crippen LogP contribution >= 0.6 is 22.7 Å². The van der Waals surface area contributed by atoms with E-state index in [-0.39, 0.29) is 10.1 Å². The highest BCUT2D eigenvalue weighted by Gasteiger charge is 2.40. The summed E-state index contributed by atoms with van der Waals surface area (Å²) in [6.45, 7) is 0.349. The molecule has 1 fully saturated rings. The smallest absolute Gasteiger partial charge is 0.253 e. The molecule has 2 aliphatic rings. The van der Waals surface area contributed by atoms with E-state index in [4.69, 9.17) is 4.98 Å². The molecule has 0 radical (unpaired) electrons. The van der Waals surface area contributed by atoms with Crippen LogP contribution in [-0.4, -0.2) is 36.2 Å². The van der Waals surface area contributed by atoms with Crippen LogP contribution in [0.2, 0.25) is 0 Å². The molecule has 3 heterocycles. The zero-order chi connectivity index (χ0) is 21.2. The minimum atomic E-state index is -3.67. The van der Waals surface area contributed by atoms with E-state index in [1.807, 2.05) is 12.1 Å². The molecule has 9 heteroatoms. The fourth-order valence-corrected chi connectivity index (χ4v) is 8.26.